The van der Waals surface area contributed by atoms with Crippen LogP contribution >= 0.6 is 0 Å². The van der Waals surface area contributed by atoms with Crippen LogP contribution in [0.2, 0.25) is 0 Å². The Morgan fingerprint density at radius 1 is 1.12 bits per heavy atom. The number of para-hydroxylation sites is 1. The average Bonchev–Trinajstić information content (AvgIpc) is 2.30. The number of hydrogen-bond donors (Lipinski definition) is 1. The van der Waals surface area contributed by atoms with Crippen LogP contribution in [0.4, 0.5) is 0 Å². The molecule has 0 saturated carbocycles. The minimum absolute atomic E-state index is 0.0649. The molecule has 0 fully saturated rings. The molecule has 3 rings (SSSR count). The SMILES string of the molecule is Cc1cccc2c(=O)c3ccc(O)cc3oc12. The van der Waals surface area contributed by atoms with Gasteiger partial charge in [0.1, 0.15) is 16.9 Å². The Morgan fingerprint density at radius 3 is 2.76 bits per heavy atom. The van der Waals surface area contributed by atoms with Crippen LogP contribution in [-0.4, -0.2) is 5.11 Å². The van der Waals surface area contributed by atoms with E-state index in [1.807, 2.05) is 19.1 Å². The molecule has 1 N–H and O–H groups in total. The molecule has 1 heterocycles. The number of phenols is 1. The molecule has 0 radical (unpaired) electrons. The minimum Gasteiger partial charge on any atom is -0.508 e. The fraction of sp³-hybridized carbons (Fsp3) is 0.0714. The molecule has 3 heteroatoms. The van der Waals surface area contributed by atoms with E-state index in [0.29, 0.717) is 21.9 Å². The van der Waals surface area contributed by atoms with Gasteiger partial charge in [-0.25, -0.2) is 0 Å². The second kappa shape index (κ2) is 3.35. The maximum absolute atomic E-state index is 12.2. The summed E-state index contributed by atoms with van der Waals surface area (Å²) < 4.78 is 5.68. The first-order valence-corrected chi connectivity index (χ1v) is 5.32. The summed E-state index contributed by atoms with van der Waals surface area (Å²) in [5, 5.41) is 10.5. The molecule has 0 aliphatic carbocycles. The van der Waals surface area contributed by atoms with E-state index in [4.69, 9.17) is 4.42 Å². The highest BCUT2D eigenvalue weighted by molar-refractivity contribution is 5.91. The molecule has 0 amide bonds. The molecule has 0 saturated heterocycles. The van der Waals surface area contributed by atoms with Crippen molar-refractivity contribution in [2.75, 3.05) is 0 Å². The predicted octanol–water partition coefficient (Wildman–Crippen LogP) is 2.96. The third-order valence-electron chi connectivity index (χ3n) is 2.88. The lowest BCUT2D eigenvalue weighted by molar-refractivity contribution is 0.474. The van der Waals surface area contributed by atoms with Gasteiger partial charge in [-0.3, -0.25) is 4.79 Å². The van der Waals surface area contributed by atoms with Crippen molar-refractivity contribution in [2.45, 2.75) is 6.92 Å². The predicted molar refractivity (Wildman–Crippen MR) is 66.4 cm³/mol. The highest BCUT2D eigenvalue weighted by Gasteiger charge is 2.09. The van der Waals surface area contributed by atoms with E-state index in [-0.39, 0.29) is 11.2 Å². The zero-order chi connectivity index (χ0) is 12.0. The van der Waals surface area contributed by atoms with Gasteiger partial charge in [0.2, 0.25) is 5.43 Å². The molecule has 2 aromatic carbocycles. The third kappa shape index (κ3) is 1.40. The van der Waals surface area contributed by atoms with E-state index >= 15 is 0 Å². The first-order valence-electron chi connectivity index (χ1n) is 5.32. The third-order valence-corrected chi connectivity index (χ3v) is 2.88. The smallest absolute Gasteiger partial charge is 0.200 e. The summed E-state index contributed by atoms with van der Waals surface area (Å²) in [5.41, 5.74) is 1.84. The Hall–Kier alpha value is -2.29. The van der Waals surface area contributed by atoms with Crippen LogP contribution in [0.1, 0.15) is 5.56 Å². The van der Waals surface area contributed by atoms with Crippen molar-refractivity contribution in [2.24, 2.45) is 0 Å². The lowest BCUT2D eigenvalue weighted by Crippen LogP contribution is -2.02. The summed E-state index contributed by atoms with van der Waals surface area (Å²) in [5.74, 6) is 0.0913. The molecule has 0 aliphatic heterocycles. The molecule has 84 valence electrons. The Kier molecular flexibility index (Phi) is 1.95. The lowest BCUT2D eigenvalue weighted by Gasteiger charge is -2.03. The molecule has 0 bridgehead atoms. The van der Waals surface area contributed by atoms with Crippen LogP contribution in [0, 0.1) is 6.92 Å². The molecule has 3 aromatic rings. The van der Waals surface area contributed by atoms with Crippen LogP contribution < -0.4 is 5.43 Å². The molecule has 0 unspecified atom stereocenters. The van der Waals surface area contributed by atoms with Gasteiger partial charge in [-0.05, 0) is 30.7 Å². The molecule has 0 atom stereocenters. The standard InChI is InChI=1S/C14H10O3/c1-8-3-2-4-11-13(16)10-6-5-9(15)7-12(10)17-14(8)11/h2-7,15H,1H3. The monoisotopic (exact) mass is 226 g/mol. The van der Waals surface area contributed by atoms with E-state index in [1.54, 1.807) is 12.1 Å². The topological polar surface area (TPSA) is 50.4 Å². The quantitative estimate of drug-likeness (QED) is 0.599. The van der Waals surface area contributed by atoms with Gasteiger partial charge in [0.25, 0.3) is 0 Å². The van der Waals surface area contributed by atoms with E-state index in [1.165, 1.54) is 12.1 Å². The van der Waals surface area contributed by atoms with Crippen molar-refractivity contribution in [3.8, 4) is 5.75 Å². The van der Waals surface area contributed by atoms with Gasteiger partial charge >= 0.3 is 0 Å². The molecule has 1 aromatic heterocycles. The van der Waals surface area contributed by atoms with Crippen molar-refractivity contribution >= 4 is 21.9 Å². The van der Waals surface area contributed by atoms with Crippen LogP contribution in [0.3, 0.4) is 0 Å². The van der Waals surface area contributed by atoms with Crippen molar-refractivity contribution in [3.63, 3.8) is 0 Å². The van der Waals surface area contributed by atoms with Crippen molar-refractivity contribution < 1.29 is 9.52 Å². The molecule has 3 nitrogen and oxygen atoms in total. The first-order chi connectivity index (χ1) is 8.16. The summed E-state index contributed by atoms with van der Waals surface area (Å²) in [6.07, 6.45) is 0. The minimum atomic E-state index is -0.0649. The zero-order valence-corrected chi connectivity index (χ0v) is 9.23. The van der Waals surface area contributed by atoms with E-state index in [2.05, 4.69) is 0 Å². The second-order valence-electron chi connectivity index (χ2n) is 4.06. The number of hydrogen-bond acceptors (Lipinski definition) is 3. The fourth-order valence-electron chi connectivity index (χ4n) is 2.00. The summed E-state index contributed by atoms with van der Waals surface area (Å²) in [4.78, 5) is 12.2. The van der Waals surface area contributed by atoms with Crippen molar-refractivity contribution in [3.05, 3.63) is 52.2 Å². The van der Waals surface area contributed by atoms with Crippen molar-refractivity contribution in [1.29, 1.82) is 0 Å². The largest absolute Gasteiger partial charge is 0.508 e. The van der Waals surface area contributed by atoms with Gasteiger partial charge in [-0.1, -0.05) is 12.1 Å². The normalized spacial score (nSPS) is 11.1. The average molecular weight is 226 g/mol. The maximum Gasteiger partial charge on any atom is 0.200 e. The second-order valence-corrected chi connectivity index (χ2v) is 4.06. The highest BCUT2D eigenvalue weighted by atomic mass is 16.3. The van der Waals surface area contributed by atoms with Gasteiger partial charge in [-0.15, -0.1) is 0 Å². The number of aromatic hydroxyl groups is 1. The number of fused-ring (bicyclic) bond motifs is 2. The van der Waals surface area contributed by atoms with E-state index in [9.17, 15) is 9.90 Å². The Morgan fingerprint density at radius 2 is 1.94 bits per heavy atom. The zero-order valence-electron chi connectivity index (χ0n) is 9.23. The number of benzene rings is 2. The Bertz CT molecular complexity index is 784. The van der Waals surface area contributed by atoms with Gasteiger partial charge < -0.3 is 9.52 Å². The van der Waals surface area contributed by atoms with Gasteiger partial charge in [0, 0.05) is 6.07 Å². The molecule has 0 spiro atoms. The Balaban J connectivity index is 2.62. The van der Waals surface area contributed by atoms with Crippen LogP contribution in [0.25, 0.3) is 21.9 Å². The molecular weight excluding hydrogens is 216 g/mol. The maximum atomic E-state index is 12.2. The van der Waals surface area contributed by atoms with Crippen LogP contribution in [0.5, 0.6) is 5.75 Å². The summed E-state index contributed by atoms with van der Waals surface area (Å²) in [6, 6.07) is 10.0. The summed E-state index contributed by atoms with van der Waals surface area (Å²) >= 11 is 0. The first kappa shape index (κ1) is 9.90. The molecule has 0 aliphatic rings. The number of aryl methyl sites for hydroxylation is 1. The van der Waals surface area contributed by atoms with Gasteiger partial charge in [-0.2, -0.15) is 0 Å². The molecular formula is C14H10O3. The van der Waals surface area contributed by atoms with Gasteiger partial charge in [0.15, 0.2) is 0 Å². The van der Waals surface area contributed by atoms with Crippen LogP contribution in [0.15, 0.2) is 45.6 Å². The number of rotatable bonds is 0. The highest BCUT2D eigenvalue weighted by Crippen LogP contribution is 2.23. The van der Waals surface area contributed by atoms with Crippen LogP contribution in [-0.2, 0) is 0 Å². The van der Waals surface area contributed by atoms with E-state index in [0.717, 1.165) is 5.56 Å². The summed E-state index contributed by atoms with van der Waals surface area (Å²) in [7, 11) is 0. The fourth-order valence-corrected chi connectivity index (χ4v) is 2.00. The van der Waals surface area contributed by atoms with Crippen molar-refractivity contribution in [1.82, 2.24) is 0 Å². The van der Waals surface area contributed by atoms with Gasteiger partial charge in [0.05, 0.1) is 10.8 Å². The van der Waals surface area contributed by atoms with E-state index < -0.39 is 0 Å². The summed E-state index contributed by atoms with van der Waals surface area (Å²) in [6.45, 7) is 1.89. The Labute approximate surface area is 96.9 Å². The lowest BCUT2D eigenvalue weighted by atomic mass is 10.1. The molecule has 17 heavy (non-hydrogen) atoms. The number of phenolic OH excluding ortho intramolecular Hbond substituents is 1.